The van der Waals surface area contributed by atoms with Crippen LogP contribution in [0, 0.1) is 5.92 Å². The van der Waals surface area contributed by atoms with Crippen LogP contribution in [0.4, 0.5) is 0 Å². The lowest BCUT2D eigenvalue weighted by Crippen LogP contribution is -2.56. The lowest BCUT2D eigenvalue weighted by Gasteiger charge is -2.27. The molecule has 2 aromatic carbocycles. The topological polar surface area (TPSA) is 142 Å². The summed E-state index contributed by atoms with van der Waals surface area (Å²) in [6, 6.07) is 16.5. The number of carbonyl (C=O) groups is 4. The monoisotopic (exact) mass is 587 g/mol. The molecule has 0 spiro atoms. The van der Waals surface area contributed by atoms with Gasteiger partial charge in [0.1, 0.15) is 18.0 Å². The highest BCUT2D eigenvalue weighted by Crippen LogP contribution is 2.22. The van der Waals surface area contributed by atoms with Gasteiger partial charge in [0.2, 0.25) is 11.7 Å². The van der Waals surface area contributed by atoms with Gasteiger partial charge in [-0.2, -0.15) is 0 Å². The summed E-state index contributed by atoms with van der Waals surface area (Å²) in [5, 5.41) is 22.8. The van der Waals surface area contributed by atoms with E-state index in [4.69, 9.17) is 0 Å². The van der Waals surface area contributed by atoms with Crippen molar-refractivity contribution in [1.82, 2.24) is 25.8 Å². The number of nitrogens with zero attached hydrogens (tertiary/aromatic N) is 1. The van der Waals surface area contributed by atoms with Crippen molar-refractivity contribution in [2.24, 2.45) is 13.0 Å². The van der Waals surface area contributed by atoms with E-state index in [9.17, 15) is 24.3 Å². The Bertz CT molecular complexity index is 1450. The minimum atomic E-state index is -1.15. The third kappa shape index (κ3) is 7.50. The van der Waals surface area contributed by atoms with Crippen molar-refractivity contribution in [3.05, 3.63) is 71.9 Å². The number of fused-ring (bicyclic) bond motifs is 1. The summed E-state index contributed by atoms with van der Waals surface area (Å²) in [6.45, 7) is 0.576. The summed E-state index contributed by atoms with van der Waals surface area (Å²) in [4.78, 5) is 54.0. The molecule has 5 N–H and O–H groups in total. The van der Waals surface area contributed by atoms with Crippen molar-refractivity contribution in [3.63, 3.8) is 0 Å². The molecule has 0 bridgehead atoms. The van der Waals surface area contributed by atoms with Crippen molar-refractivity contribution >= 4 is 34.4 Å². The van der Waals surface area contributed by atoms with E-state index in [-0.39, 0.29) is 24.8 Å². The van der Waals surface area contributed by atoms with E-state index in [1.54, 1.807) is 17.7 Å². The SMILES string of the molecule is Cn1c(C(=O)N[C@@H](Cc2ccccc2)C(=O)N[C@@H](C[C@@H]2CCNC2O)C(=O)C(=O)NC2CCCCC2)cc2ccccc21. The molecule has 1 aliphatic heterocycles. The smallest absolute Gasteiger partial charge is 0.289 e. The predicted molar refractivity (Wildman–Crippen MR) is 163 cm³/mol. The average molecular weight is 588 g/mol. The molecule has 1 unspecified atom stereocenters. The number of hydrogen-bond acceptors (Lipinski definition) is 6. The molecule has 3 aromatic rings. The van der Waals surface area contributed by atoms with Crippen LogP contribution in [-0.2, 0) is 27.9 Å². The molecule has 10 nitrogen and oxygen atoms in total. The Morgan fingerprint density at radius 3 is 2.35 bits per heavy atom. The fourth-order valence-corrected chi connectivity index (χ4v) is 6.25. The Kier molecular flexibility index (Phi) is 9.89. The first-order valence-corrected chi connectivity index (χ1v) is 15.3. The number of aliphatic hydroxyl groups is 1. The molecular formula is C33H41N5O5. The normalized spacial score (nSPS) is 20.3. The van der Waals surface area contributed by atoms with Crippen molar-refractivity contribution in [2.75, 3.05) is 6.54 Å². The second kappa shape index (κ2) is 14.0. The highest BCUT2D eigenvalue weighted by Gasteiger charge is 2.36. The first kappa shape index (κ1) is 30.4. The number of hydrogen-bond donors (Lipinski definition) is 5. The number of carbonyl (C=O) groups excluding carboxylic acids is 4. The molecular weight excluding hydrogens is 546 g/mol. The Morgan fingerprint density at radius 2 is 1.65 bits per heavy atom. The van der Waals surface area contributed by atoms with E-state index in [2.05, 4.69) is 21.3 Å². The molecule has 2 heterocycles. The molecule has 2 aliphatic rings. The van der Waals surface area contributed by atoms with Crippen molar-refractivity contribution in [1.29, 1.82) is 0 Å². The molecule has 4 atom stereocenters. The summed E-state index contributed by atoms with van der Waals surface area (Å²) in [7, 11) is 1.80. The molecule has 1 aromatic heterocycles. The molecule has 0 radical (unpaired) electrons. The molecule has 228 valence electrons. The van der Waals surface area contributed by atoms with Gasteiger partial charge in [-0.15, -0.1) is 0 Å². The molecule has 3 amide bonds. The molecule has 1 saturated carbocycles. The summed E-state index contributed by atoms with van der Waals surface area (Å²) in [6.07, 6.45) is 4.81. The van der Waals surface area contributed by atoms with Gasteiger partial charge in [-0.1, -0.05) is 67.8 Å². The zero-order valence-electron chi connectivity index (χ0n) is 24.6. The van der Waals surface area contributed by atoms with E-state index in [0.717, 1.165) is 48.6 Å². The number of para-hydroxylation sites is 1. The minimum Gasteiger partial charge on any atom is -0.378 e. The van der Waals surface area contributed by atoms with Crippen LogP contribution in [0.3, 0.4) is 0 Å². The number of aryl methyl sites for hydroxylation is 1. The zero-order valence-corrected chi connectivity index (χ0v) is 24.6. The van der Waals surface area contributed by atoms with Crippen LogP contribution >= 0.6 is 0 Å². The Balaban J connectivity index is 1.36. The van der Waals surface area contributed by atoms with Crippen molar-refractivity contribution in [2.45, 2.75) is 75.7 Å². The minimum absolute atomic E-state index is 0.0637. The van der Waals surface area contributed by atoms with Crippen molar-refractivity contribution in [3.8, 4) is 0 Å². The number of benzene rings is 2. The highest BCUT2D eigenvalue weighted by atomic mass is 16.3. The van der Waals surface area contributed by atoms with Crippen LogP contribution in [0.5, 0.6) is 0 Å². The molecule has 1 saturated heterocycles. The first-order valence-electron chi connectivity index (χ1n) is 15.3. The van der Waals surface area contributed by atoms with Gasteiger partial charge in [-0.05, 0) is 49.9 Å². The number of ketones is 1. The van der Waals surface area contributed by atoms with Gasteiger partial charge in [0.15, 0.2) is 0 Å². The second-order valence-electron chi connectivity index (χ2n) is 11.8. The predicted octanol–water partition coefficient (Wildman–Crippen LogP) is 2.34. The Morgan fingerprint density at radius 1 is 0.930 bits per heavy atom. The van der Waals surface area contributed by atoms with Gasteiger partial charge in [-0.3, -0.25) is 24.5 Å². The maximum Gasteiger partial charge on any atom is 0.289 e. The van der Waals surface area contributed by atoms with Gasteiger partial charge < -0.3 is 25.6 Å². The van der Waals surface area contributed by atoms with Gasteiger partial charge in [0.25, 0.3) is 11.8 Å². The fraction of sp³-hybridized carbons (Fsp3) is 0.455. The standard InChI is InChI=1S/C33H41N5O5/c1-38-27-15-9-8-12-22(27)20-28(38)32(42)37-26(18-21-10-4-2-5-11-21)31(41)36-25(19-23-16-17-34-30(23)40)29(39)33(43)35-24-13-6-3-7-14-24/h2,4-5,8-12,15,20,23-26,30,34,40H,3,6-7,13-14,16-19H2,1H3,(H,35,43)(H,36,41)(H,37,42)/t23-,25-,26-,30?/m0/s1. The van der Waals surface area contributed by atoms with Crippen molar-refractivity contribution < 1.29 is 24.3 Å². The van der Waals surface area contributed by atoms with Crippen LogP contribution in [0.2, 0.25) is 0 Å². The van der Waals surface area contributed by atoms with E-state index < -0.39 is 41.8 Å². The summed E-state index contributed by atoms with van der Waals surface area (Å²) in [5.74, 6) is -2.77. The number of Topliss-reactive ketones (excluding diaryl/α,β-unsaturated/α-hetero) is 1. The fourth-order valence-electron chi connectivity index (χ4n) is 6.25. The van der Waals surface area contributed by atoms with Gasteiger partial charge in [0.05, 0.1) is 6.04 Å². The maximum atomic E-state index is 13.9. The largest absolute Gasteiger partial charge is 0.378 e. The maximum absolute atomic E-state index is 13.9. The average Bonchev–Trinajstić information content (AvgIpc) is 3.59. The lowest BCUT2D eigenvalue weighted by molar-refractivity contribution is -0.141. The van der Waals surface area contributed by atoms with Gasteiger partial charge in [0, 0.05) is 36.3 Å². The van der Waals surface area contributed by atoms with Crippen LogP contribution < -0.4 is 21.3 Å². The first-order chi connectivity index (χ1) is 20.8. The van der Waals surface area contributed by atoms with Crippen LogP contribution in [-0.4, -0.2) is 64.1 Å². The highest BCUT2D eigenvalue weighted by molar-refractivity contribution is 6.38. The molecule has 2 fully saturated rings. The third-order valence-corrected chi connectivity index (χ3v) is 8.74. The molecule has 43 heavy (non-hydrogen) atoms. The van der Waals surface area contributed by atoms with Gasteiger partial charge >= 0.3 is 0 Å². The number of rotatable bonds is 11. The molecule has 5 rings (SSSR count). The van der Waals surface area contributed by atoms with E-state index in [0.29, 0.717) is 18.7 Å². The van der Waals surface area contributed by atoms with Crippen LogP contribution in [0.15, 0.2) is 60.7 Å². The number of aromatic nitrogens is 1. The molecule has 10 heteroatoms. The quantitative estimate of drug-likeness (QED) is 0.218. The summed E-state index contributed by atoms with van der Waals surface area (Å²) in [5.41, 5.74) is 2.11. The number of aliphatic hydroxyl groups excluding tert-OH is 1. The molecule has 1 aliphatic carbocycles. The van der Waals surface area contributed by atoms with E-state index >= 15 is 0 Å². The number of amides is 3. The summed E-state index contributed by atoms with van der Waals surface area (Å²) < 4.78 is 1.78. The van der Waals surface area contributed by atoms with Gasteiger partial charge in [-0.25, -0.2) is 0 Å². The van der Waals surface area contributed by atoms with E-state index in [1.165, 1.54) is 0 Å². The summed E-state index contributed by atoms with van der Waals surface area (Å²) >= 11 is 0. The number of nitrogens with one attached hydrogen (secondary N) is 4. The van der Waals surface area contributed by atoms with Crippen LogP contribution in [0.25, 0.3) is 10.9 Å². The lowest BCUT2D eigenvalue weighted by atomic mass is 9.93. The Hall–Kier alpha value is -4.02. The van der Waals surface area contributed by atoms with Crippen LogP contribution in [0.1, 0.15) is 61.0 Å². The third-order valence-electron chi connectivity index (χ3n) is 8.74. The van der Waals surface area contributed by atoms with E-state index in [1.807, 2.05) is 54.6 Å². The Labute approximate surface area is 251 Å². The zero-order chi connectivity index (χ0) is 30.3. The second-order valence-corrected chi connectivity index (χ2v) is 11.8.